The Balaban J connectivity index is 1.41. The van der Waals surface area contributed by atoms with Crippen LogP contribution in [0, 0.1) is 5.92 Å². The number of para-hydroxylation sites is 2. The number of ketones is 2. The topological polar surface area (TPSA) is 84.9 Å². The number of benzene rings is 4. The summed E-state index contributed by atoms with van der Waals surface area (Å²) in [6, 6.07) is 25.8. The molecule has 1 amide bonds. The van der Waals surface area contributed by atoms with E-state index in [0.717, 1.165) is 15.7 Å². The van der Waals surface area contributed by atoms with Crippen molar-refractivity contribution in [1.82, 2.24) is 0 Å². The van der Waals surface area contributed by atoms with Gasteiger partial charge in [0.25, 0.3) is 0 Å². The SMILES string of the molecule is O=C(c1ccc(Br)cc1)[C@@H]1N2c3ccccc3C=CC2[C@H](C(=O)c2ccc3c(c2)OCO3)[C@]12C(=O)Nc1ccccc12. The molecule has 1 spiro atoms. The van der Waals surface area contributed by atoms with E-state index < -0.39 is 23.4 Å². The molecule has 4 aromatic rings. The third-order valence-electron chi connectivity index (χ3n) is 8.86. The Morgan fingerprint density at radius 2 is 1.60 bits per heavy atom. The molecule has 4 aromatic carbocycles. The minimum atomic E-state index is -1.51. The maximum atomic E-state index is 14.8. The number of fused-ring (bicyclic) bond motifs is 6. The normalized spacial score (nSPS) is 24.3. The summed E-state index contributed by atoms with van der Waals surface area (Å²) in [5.74, 6) is -0.717. The molecule has 7 nitrogen and oxygen atoms in total. The second-order valence-corrected chi connectivity index (χ2v) is 11.8. The molecule has 42 heavy (non-hydrogen) atoms. The first-order valence-electron chi connectivity index (χ1n) is 13.7. The van der Waals surface area contributed by atoms with E-state index in [4.69, 9.17) is 9.47 Å². The summed E-state index contributed by atoms with van der Waals surface area (Å²) in [5.41, 5.74) is 2.31. The predicted octanol–water partition coefficient (Wildman–Crippen LogP) is 6.03. The maximum Gasteiger partial charge on any atom is 0.238 e. The number of ether oxygens (including phenoxy) is 2. The highest BCUT2D eigenvalue weighted by molar-refractivity contribution is 9.10. The zero-order valence-corrected chi connectivity index (χ0v) is 23.7. The van der Waals surface area contributed by atoms with Gasteiger partial charge in [0.15, 0.2) is 23.1 Å². The van der Waals surface area contributed by atoms with Gasteiger partial charge in [0.1, 0.15) is 11.5 Å². The monoisotopic (exact) mass is 618 g/mol. The van der Waals surface area contributed by atoms with E-state index >= 15 is 0 Å². The molecule has 0 radical (unpaired) electrons. The van der Waals surface area contributed by atoms with Crippen LogP contribution in [0.3, 0.4) is 0 Å². The molecule has 1 saturated heterocycles. The van der Waals surface area contributed by atoms with E-state index in [1.54, 1.807) is 30.3 Å². The van der Waals surface area contributed by atoms with Crippen molar-refractivity contribution in [2.45, 2.75) is 17.5 Å². The number of nitrogens with zero attached hydrogens (tertiary/aromatic N) is 1. The first-order valence-corrected chi connectivity index (χ1v) is 14.5. The van der Waals surface area contributed by atoms with Crippen molar-refractivity contribution in [2.24, 2.45) is 5.92 Å². The van der Waals surface area contributed by atoms with E-state index in [2.05, 4.69) is 21.2 Å². The molecule has 4 heterocycles. The third kappa shape index (κ3) is 3.35. The first kappa shape index (κ1) is 25.1. The number of amides is 1. The van der Waals surface area contributed by atoms with Crippen LogP contribution in [0.2, 0.25) is 0 Å². The maximum absolute atomic E-state index is 14.8. The van der Waals surface area contributed by atoms with Crippen LogP contribution in [0.1, 0.15) is 31.8 Å². The Bertz CT molecular complexity index is 1850. The molecule has 0 aromatic heterocycles. The van der Waals surface area contributed by atoms with Crippen LogP contribution in [0.25, 0.3) is 6.08 Å². The van der Waals surface area contributed by atoms with Crippen LogP contribution < -0.4 is 19.7 Å². The first-order chi connectivity index (χ1) is 20.5. The van der Waals surface area contributed by atoms with Gasteiger partial charge in [0, 0.05) is 27.0 Å². The number of rotatable bonds is 4. The van der Waals surface area contributed by atoms with Crippen LogP contribution in [0.5, 0.6) is 11.5 Å². The van der Waals surface area contributed by atoms with Gasteiger partial charge in [-0.2, -0.15) is 0 Å². The lowest BCUT2D eigenvalue weighted by Gasteiger charge is -2.37. The molecule has 4 atom stereocenters. The van der Waals surface area contributed by atoms with Gasteiger partial charge in [0.05, 0.1) is 12.0 Å². The Kier molecular flexibility index (Phi) is 5.46. The van der Waals surface area contributed by atoms with Gasteiger partial charge in [-0.15, -0.1) is 0 Å². The van der Waals surface area contributed by atoms with Crippen molar-refractivity contribution >= 4 is 50.9 Å². The fourth-order valence-electron chi connectivity index (χ4n) is 7.14. The molecular weight excluding hydrogens is 596 g/mol. The molecule has 0 bridgehead atoms. The van der Waals surface area contributed by atoms with Crippen LogP contribution >= 0.6 is 15.9 Å². The third-order valence-corrected chi connectivity index (χ3v) is 9.39. The quantitative estimate of drug-likeness (QED) is 0.281. The molecule has 8 rings (SSSR count). The summed E-state index contributed by atoms with van der Waals surface area (Å²) in [7, 11) is 0. The number of hydrogen-bond donors (Lipinski definition) is 1. The Hall–Kier alpha value is -4.69. The summed E-state index contributed by atoms with van der Waals surface area (Å²) in [4.78, 5) is 46.1. The van der Waals surface area contributed by atoms with Gasteiger partial charge < -0.3 is 19.7 Å². The summed E-state index contributed by atoms with van der Waals surface area (Å²) in [6.07, 6.45) is 3.94. The second kappa shape index (κ2) is 9.16. The lowest BCUT2D eigenvalue weighted by molar-refractivity contribution is -0.121. The summed E-state index contributed by atoms with van der Waals surface area (Å²) in [5, 5.41) is 3.04. The van der Waals surface area contributed by atoms with Crippen LogP contribution in [-0.2, 0) is 10.2 Å². The average Bonchev–Trinajstić information content (AvgIpc) is 3.69. The van der Waals surface area contributed by atoms with Crippen molar-refractivity contribution < 1.29 is 23.9 Å². The van der Waals surface area contributed by atoms with Gasteiger partial charge in [-0.05, 0) is 53.6 Å². The minimum absolute atomic E-state index is 0.0792. The number of nitrogens with one attached hydrogen (secondary N) is 1. The van der Waals surface area contributed by atoms with Crippen LogP contribution in [0.15, 0.2) is 102 Å². The van der Waals surface area contributed by atoms with Crippen molar-refractivity contribution in [2.75, 3.05) is 17.0 Å². The number of Topliss-reactive ketones (excluding diaryl/α,β-unsaturated/α-hetero) is 2. The molecule has 0 aliphatic carbocycles. The summed E-state index contributed by atoms with van der Waals surface area (Å²) < 4.78 is 11.9. The van der Waals surface area contributed by atoms with Gasteiger partial charge in [-0.1, -0.05) is 76.6 Å². The Labute approximate surface area is 249 Å². The number of carbonyl (C=O) groups excluding carboxylic acids is 3. The number of halogens is 1. The van der Waals surface area contributed by atoms with E-state index in [-0.39, 0.29) is 24.3 Å². The fourth-order valence-corrected chi connectivity index (χ4v) is 7.40. The van der Waals surface area contributed by atoms with E-state index in [1.807, 2.05) is 77.7 Å². The molecule has 4 aliphatic heterocycles. The fraction of sp³-hybridized carbons (Fsp3) is 0.147. The molecule has 8 heteroatoms. The largest absolute Gasteiger partial charge is 0.454 e. The number of anilines is 2. The van der Waals surface area contributed by atoms with Crippen molar-refractivity contribution in [3.05, 3.63) is 124 Å². The zero-order valence-electron chi connectivity index (χ0n) is 22.1. The second-order valence-electron chi connectivity index (χ2n) is 10.9. The predicted molar refractivity (Wildman–Crippen MR) is 161 cm³/mol. The highest BCUT2D eigenvalue weighted by atomic mass is 79.9. The highest BCUT2D eigenvalue weighted by Gasteiger charge is 2.71. The molecule has 1 N–H and O–H groups in total. The molecular formula is C34H23BrN2O5. The van der Waals surface area contributed by atoms with Crippen molar-refractivity contribution in [3.63, 3.8) is 0 Å². The average molecular weight is 619 g/mol. The number of carbonyl (C=O) groups is 3. The molecule has 1 unspecified atom stereocenters. The van der Waals surface area contributed by atoms with Crippen LogP contribution in [-0.4, -0.2) is 36.4 Å². The lowest BCUT2D eigenvalue weighted by Crippen LogP contribution is -2.55. The zero-order chi connectivity index (χ0) is 28.6. The van der Waals surface area contributed by atoms with E-state index in [9.17, 15) is 14.4 Å². The van der Waals surface area contributed by atoms with Gasteiger partial charge >= 0.3 is 0 Å². The molecule has 1 fully saturated rings. The summed E-state index contributed by atoms with van der Waals surface area (Å²) in [6.45, 7) is 0.0792. The molecule has 4 aliphatic rings. The van der Waals surface area contributed by atoms with Crippen molar-refractivity contribution in [3.8, 4) is 11.5 Å². The molecule has 206 valence electrons. The minimum Gasteiger partial charge on any atom is -0.454 e. The van der Waals surface area contributed by atoms with Crippen LogP contribution in [0.4, 0.5) is 11.4 Å². The van der Waals surface area contributed by atoms with E-state index in [0.29, 0.717) is 33.9 Å². The lowest BCUT2D eigenvalue weighted by atomic mass is 9.63. The van der Waals surface area contributed by atoms with Gasteiger partial charge in [-0.3, -0.25) is 14.4 Å². The Morgan fingerprint density at radius 1 is 0.857 bits per heavy atom. The number of hydrogen-bond acceptors (Lipinski definition) is 6. The Morgan fingerprint density at radius 3 is 2.45 bits per heavy atom. The smallest absolute Gasteiger partial charge is 0.238 e. The standard InChI is InChI=1S/C34H23BrN2O5/c35-22-13-9-20(10-14-22)31(39)32-34(23-6-2-3-7-24(23)36-33(34)40)29(26-15-11-19-5-1-4-8-25(19)37(26)32)30(38)21-12-16-27-28(17-21)42-18-41-27/h1-17,26,29,32H,18H2,(H,36,40)/t26?,29-,32+,34+/m1/s1. The van der Waals surface area contributed by atoms with Gasteiger partial charge in [-0.25, -0.2) is 0 Å². The summed E-state index contributed by atoms with van der Waals surface area (Å²) >= 11 is 3.46. The van der Waals surface area contributed by atoms with Gasteiger partial charge in [0.2, 0.25) is 12.7 Å². The highest BCUT2D eigenvalue weighted by Crippen LogP contribution is 2.58. The molecule has 0 saturated carbocycles. The van der Waals surface area contributed by atoms with E-state index in [1.165, 1.54) is 0 Å². The van der Waals surface area contributed by atoms with Crippen molar-refractivity contribution in [1.29, 1.82) is 0 Å².